The quantitative estimate of drug-likeness (QED) is 0.749. The Labute approximate surface area is 125 Å². The van der Waals surface area contributed by atoms with Gasteiger partial charge in [0.05, 0.1) is 5.69 Å². The minimum absolute atomic E-state index is 0.0802. The van der Waals surface area contributed by atoms with Gasteiger partial charge in [0.2, 0.25) is 0 Å². The number of hydrogen-bond donors (Lipinski definition) is 1. The van der Waals surface area contributed by atoms with Crippen LogP contribution in [-0.4, -0.2) is 18.4 Å². The van der Waals surface area contributed by atoms with Crippen LogP contribution in [-0.2, 0) is 10.0 Å². The lowest BCUT2D eigenvalue weighted by atomic mass is 10.3. The van der Waals surface area contributed by atoms with Gasteiger partial charge in [0.1, 0.15) is 15.6 Å². The van der Waals surface area contributed by atoms with Gasteiger partial charge >= 0.3 is 0 Å². The first-order chi connectivity index (χ1) is 9.95. The van der Waals surface area contributed by atoms with E-state index in [-0.39, 0.29) is 10.0 Å². The van der Waals surface area contributed by atoms with E-state index in [0.717, 1.165) is 0 Å². The third kappa shape index (κ3) is 2.70. The van der Waals surface area contributed by atoms with Crippen LogP contribution in [0.15, 0.2) is 45.8 Å². The minimum atomic E-state index is -3.81. The summed E-state index contributed by atoms with van der Waals surface area (Å²) in [7, 11) is -3.81. The normalized spacial score (nSPS) is 11.7. The Morgan fingerprint density at radius 3 is 2.86 bits per heavy atom. The second-order valence-electron chi connectivity index (χ2n) is 4.31. The topological polar surface area (TPSA) is 85.1 Å². The summed E-state index contributed by atoms with van der Waals surface area (Å²) < 4.78 is 32.3. The number of pyridine rings is 1. The Morgan fingerprint density at radius 1 is 1.29 bits per heavy atom. The number of aryl methyl sites for hydroxylation is 1. The Balaban J connectivity index is 1.99. The van der Waals surface area contributed by atoms with E-state index in [1.54, 1.807) is 25.1 Å². The molecule has 8 heteroatoms. The molecule has 0 saturated carbocycles. The summed E-state index contributed by atoms with van der Waals surface area (Å²) >= 11 is 5.82. The van der Waals surface area contributed by atoms with Crippen molar-refractivity contribution in [2.24, 2.45) is 0 Å². The molecule has 1 N–H and O–H groups in total. The molecule has 0 fully saturated rings. The summed E-state index contributed by atoms with van der Waals surface area (Å²) in [6.07, 6.45) is 1.42. The van der Waals surface area contributed by atoms with Gasteiger partial charge in [-0.2, -0.15) is 0 Å². The zero-order chi connectivity index (χ0) is 15.0. The van der Waals surface area contributed by atoms with Crippen LogP contribution in [0, 0.1) is 6.92 Å². The maximum atomic E-state index is 12.3. The van der Waals surface area contributed by atoms with Crippen LogP contribution in [0.5, 0.6) is 0 Å². The van der Waals surface area contributed by atoms with Crippen LogP contribution in [0.1, 0.15) is 5.89 Å². The highest BCUT2D eigenvalue weighted by atomic mass is 35.5. The Kier molecular flexibility index (Phi) is 3.30. The fourth-order valence-corrected chi connectivity index (χ4v) is 3.39. The lowest BCUT2D eigenvalue weighted by Gasteiger charge is -2.08. The van der Waals surface area contributed by atoms with Crippen molar-refractivity contribution in [2.45, 2.75) is 11.8 Å². The molecule has 0 bridgehead atoms. The van der Waals surface area contributed by atoms with Crippen LogP contribution >= 0.6 is 11.6 Å². The fourth-order valence-electron chi connectivity index (χ4n) is 1.89. The first-order valence-electron chi connectivity index (χ1n) is 5.96. The fraction of sp³-hybridized carbons (Fsp3) is 0.0769. The van der Waals surface area contributed by atoms with Crippen molar-refractivity contribution < 1.29 is 12.8 Å². The van der Waals surface area contributed by atoms with Gasteiger partial charge in [-0.25, -0.2) is 18.4 Å². The second kappa shape index (κ2) is 5.01. The van der Waals surface area contributed by atoms with Crippen LogP contribution in [0.4, 0.5) is 5.69 Å². The molecule has 0 aliphatic heterocycles. The molecule has 3 rings (SSSR count). The second-order valence-corrected chi connectivity index (χ2v) is 6.32. The number of fused-ring (bicyclic) bond motifs is 1. The average Bonchev–Trinajstić information content (AvgIpc) is 2.78. The van der Waals surface area contributed by atoms with Gasteiger partial charge in [-0.05, 0) is 30.3 Å². The molecule has 6 nitrogen and oxygen atoms in total. The van der Waals surface area contributed by atoms with Gasteiger partial charge in [0.15, 0.2) is 11.5 Å². The van der Waals surface area contributed by atoms with E-state index in [9.17, 15) is 8.42 Å². The number of aromatic nitrogens is 2. The first-order valence-corrected chi connectivity index (χ1v) is 7.82. The number of sulfonamides is 1. The summed E-state index contributed by atoms with van der Waals surface area (Å²) in [5.74, 6) is 0.514. The monoisotopic (exact) mass is 323 g/mol. The molecular formula is C13H10ClN3O3S. The van der Waals surface area contributed by atoms with Crippen LogP contribution in [0.2, 0.25) is 5.15 Å². The van der Waals surface area contributed by atoms with E-state index in [4.69, 9.17) is 16.0 Å². The van der Waals surface area contributed by atoms with Gasteiger partial charge in [-0.1, -0.05) is 11.6 Å². The maximum absolute atomic E-state index is 12.3. The number of hydrogen-bond acceptors (Lipinski definition) is 5. The van der Waals surface area contributed by atoms with E-state index in [2.05, 4.69) is 14.7 Å². The van der Waals surface area contributed by atoms with Gasteiger partial charge in [-0.15, -0.1) is 0 Å². The van der Waals surface area contributed by atoms with Crippen LogP contribution in [0.3, 0.4) is 0 Å². The predicted molar refractivity (Wildman–Crippen MR) is 78.8 cm³/mol. The molecule has 0 aliphatic carbocycles. The van der Waals surface area contributed by atoms with E-state index >= 15 is 0 Å². The highest BCUT2D eigenvalue weighted by Gasteiger charge is 2.18. The Morgan fingerprint density at radius 2 is 2.10 bits per heavy atom. The number of nitrogens with one attached hydrogen (secondary N) is 1. The van der Waals surface area contributed by atoms with Gasteiger partial charge in [0.25, 0.3) is 10.0 Å². The first kappa shape index (κ1) is 13.8. The largest absolute Gasteiger partial charge is 0.441 e. The van der Waals surface area contributed by atoms with Crippen molar-refractivity contribution >= 4 is 38.4 Å². The molecule has 0 aliphatic rings. The summed E-state index contributed by atoms with van der Waals surface area (Å²) in [4.78, 5) is 7.83. The van der Waals surface area contributed by atoms with Gasteiger partial charge in [0, 0.05) is 13.1 Å². The van der Waals surface area contributed by atoms with Crippen molar-refractivity contribution in [3.63, 3.8) is 0 Å². The zero-order valence-electron chi connectivity index (χ0n) is 10.9. The molecule has 1 aromatic carbocycles. The molecule has 2 aromatic heterocycles. The molecule has 0 saturated heterocycles. The standard InChI is InChI=1S/C13H10ClN3O3S/c1-8-16-10-7-9(4-5-11(10)20-8)17-21(18,19)12-3-2-6-15-13(12)14/h2-7,17H,1H3. The Bertz CT molecular complexity index is 921. The van der Waals surface area contributed by atoms with Crippen molar-refractivity contribution in [2.75, 3.05) is 4.72 Å². The lowest BCUT2D eigenvalue weighted by Crippen LogP contribution is -2.13. The van der Waals surface area contributed by atoms with Crippen molar-refractivity contribution in [1.82, 2.24) is 9.97 Å². The van der Waals surface area contributed by atoms with Gasteiger partial charge in [-0.3, -0.25) is 4.72 Å². The summed E-state index contributed by atoms with van der Waals surface area (Å²) in [5.41, 5.74) is 1.54. The van der Waals surface area contributed by atoms with E-state index in [1.807, 2.05) is 0 Å². The smallest absolute Gasteiger partial charge is 0.264 e. The highest BCUT2D eigenvalue weighted by molar-refractivity contribution is 7.92. The third-order valence-corrected chi connectivity index (χ3v) is 4.59. The predicted octanol–water partition coefficient (Wildman–Crippen LogP) is 2.99. The number of nitrogens with zero attached hydrogens (tertiary/aromatic N) is 2. The molecule has 0 radical (unpaired) electrons. The van der Waals surface area contributed by atoms with E-state index in [1.165, 1.54) is 18.3 Å². The molecule has 2 heterocycles. The zero-order valence-corrected chi connectivity index (χ0v) is 12.4. The minimum Gasteiger partial charge on any atom is -0.441 e. The Hall–Kier alpha value is -2.12. The molecule has 0 unspecified atom stereocenters. The SMILES string of the molecule is Cc1nc2cc(NS(=O)(=O)c3cccnc3Cl)ccc2o1. The molecule has 0 atom stereocenters. The number of anilines is 1. The third-order valence-electron chi connectivity index (χ3n) is 2.76. The lowest BCUT2D eigenvalue weighted by molar-refractivity contribution is 0.561. The highest BCUT2D eigenvalue weighted by Crippen LogP contribution is 2.24. The number of benzene rings is 1. The van der Waals surface area contributed by atoms with Crippen LogP contribution in [0.25, 0.3) is 11.1 Å². The average molecular weight is 324 g/mol. The molecule has 21 heavy (non-hydrogen) atoms. The van der Waals surface area contributed by atoms with E-state index < -0.39 is 10.0 Å². The molecule has 0 spiro atoms. The number of halogens is 1. The van der Waals surface area contributed by atoms with Crippen molar-refractivity contribution in [1.29, 1.82) is 0 Å². The van der Waals surface area contributed by atoms with Gasteiger partial charge < -0.3 is 4.42 Å². The summed E-state index contributed by atoms with van der Waals surface area (Å²) in [5, 5.41) is -0.0802. The van der Waals surface area contributed by atoms with Crippen LogP contribution < -0.4 is 4.72 Å². The summed E-state index contributed by atoms with van der Waals surface area (Å²) in [6, 6.07) is 7.72. The molecular weight excluding hydrogens is 314 g/mol. The van der Waals surface area contributed by atoms with Crippen molar-refractivity contribution in [3.8, 4) is 0 Å². The number of rotatable bonds is 3. The van der Waals surface area contributed by atoms with Crippen molar-refractivity contribution in [3.05, 3.63) is 47.6 Å². The molecule has 3 aromatic rings. The maximum Gasteiger partial charge on any atom is 0.264 e. The van der Waals surface area contributed by atoms with E-state index in [0.29, 0.717) is 22.7 Å². The summed E-state index contributed by atoms with van der Waals surface area (Å²) in [6.45, 7) is 1.72. The number of oxazole rings is 1. The molecule has 0 amide bonds. The molecule has 108 valence electrons.